The van der Waals surface area contributed by atoms with Gasteiger partial charge in [0.05, 0.1) is 0 Å². The van der Waals surface area contributed by atoms with E-state index in [2.05, 4.69) is 26.5 Å². The Hall–Kier alpha value is -1.03. The first kappa shape index (κ1) is 18.3. The largest absolute Gasteiger partial charge is 0.459 e. The Labute approximate surface area is 145 Å². The molecule has 0 amide bonds. The molecule has 0 aliphatic heterocycles. The van der Waals surface area contributed by atoms with Gasteiger partial charge in [0.2, 0.25) is 0 Å². The summed E-state index contributed by atoms with van der Waals surface area (Å²) in [5, 5.41) is 0. The number of carbonyl (C=O) groups excluding carboxylic acids is 2. The Kier molecular flexibility index (Phi) is 5.77. The van der Waals surface area contributed by atoms with Crippen LogP contribution in [0.5, 0.6) is 0 Å². The van der Waals surface area contributed by atoms with E-state index in [1.165, 1.54) is 6.08 Å². The Morgan fingerprint density at radius 3 is 2.70 bits per heavy atom. The van der Waals surface area contributed by atoms with E-state index in [0.29, 0.717) is 24.0 Å². The maximum Gasteiger partial charge on any atom is 0.330 e. The van der Waals surface area contributed by atoms with Crippen LogP contribution >= 0.6 is 12.6 Å². The fraction of sp³-hybridized carbons (Fsp3) is 0.684. The van der Waals surface area contributed by atoms with Gasteiger partial charge in [0.1, 0.15) is 6.10 Å². The number of esters is 1. The summed E-state index contributed by atoms with van der Waals surface area (Å²) in [6.45, 7) is 8.59. The molecule has 0 aromatic heterocycles. The van der Waals surface area contributed by atoms with E-state index in [9.17, 15) is 9.59 Å². The molecule has 0 N–H and O–H groups in total. The average molecular weight is 336 g/mol. The van der Waals surface area contributed by atoms with Crippen molar-refractivity contribution in [3.8, 4) is 0 Å². The Morgan fingerprint density at radius 2 is 2.09 bits per heavy atom. The number of hydrogen-bond acceptors (Lipinski definition) is 4. The summed E-state index contributed by atoms with van der Waals surface area (Å²) >= 11 is 4.05. The standard InChI is InChI=1S/C19H28O3S/c1-12(2)16-11-19(4)13(3)8-15(9-14(19)10-17(16)20)22-18(21)6-5-7-23/h5-6,13-15,23H,7-11H2,1-4H3. The quantitative estimate of drug-likeness (QED) is 0.478. The molecule has 4 heteroatoms. The summed E-state index contributed by atoms with van der Waals surface area (Å²) in [7, 11) is 0. The van der Waals surface area contributed by atoms with Crippen molar-refractivity contribution >= 4 is 24.4 Å². The summed E-state index contributed by atoms with van der Waals surface area (Å²) in [4.78, 5) is 24.2. The van der Waals surface area contributed by atoms with Crippen LogP contribution in [0.3, 0.4) is 0 Å². The molecule has 3 nitrogen and oxygen atoms in total. The van der Waals surface area contributed by atoms with Crippen LogP contribution in [-0.2, 0) is 14.3 Å². The monoisotopic (exact) mass is 336 g/mol. The van der Waals surface area contributed by atoms with Crippen LogP contribution in [0.1, 0.15) is 53.4 Å². The van der Waals surface area contributed by atoms with Gasteiger partial charge in [0.25, 0.3) is 0 Å². The predicted molar refractivity (Wildman–Crippen MR) is 95.5 cm³/mol. The van der Waals surface area contributed by atoms with Gasteiger partial charge in [0, 0.05) is 18.2 Å². The molecular weight excluding hydrogens is 308 g/mol. The molecule has 2 rings (SSSR count). The Morgan fingerprint density at radius 1 is 1.39 bits per heavy atom. The molecule has 0 heterocycles. The second-order valence-corrected chi connectivity index (χ2v) is 7.87. The van der Waals surface area contributed by atoms with Crippen LogP contribution in [0.2, 0.25) is 0 Å². The number of ether oxygens (including phenoxy) is 1. The molecule has 2 fully saturated rings. The molecule has 0 bridgehead atoms. The lowest BCUT2D eigenvalue weighted by molar-refractivity contribution is -0.151. The number of carbonyl (C=O) groups is 2. The van der Waals surface area contributed by atoms with E-state index in [1.807, 2.05) is 13.8 Å². The van der Waals surface area contributed by atoms with E-state index in [-0.39, 0.29) is 23.3 Å². The third-order valence-electron chi connectivity index (χ3n) is 5.79. The molecule has 4 unspecified atom stereocenters. The molecule has 128 valence electrons. The minimum atomic E-state index is -0.299. The first-order chi connectivity index (χ1) is 10.8. The van der Waals surface area contributed by atoms with Gasteiger partial charge in [-0.25, -0.2) is 4.79 Å². The zero-order valence-electron chi connectivity index (χ0n) is 14.6. The van der Waals surface area contributed by atoms with Crippen molar-refractivity contribution in [1.82, 2.24) is 0 Å². The number of allylic oxidation sites excluding steroid dienone is 2. The SMILES string of the molecule is CC(C)=C1CC2(C)C(C)CC(OC(=O)C=CCS)CC2CC1=O. The van der Waals surface area contributed by atoms with E-state index in [4.69, 9.17) is 4.74 Å². The van der Waals surface area contributed by atoms with Crippen molar-refractivity contribution in [3.63, 3.8) is 0 Å². The summed E-state index contributed by atoms with van der Waals surface area (Å²) in [5.74, 6) is 1.23. The van der Waals surface area contributed by atoms with E-state index < -0.39 is 0 Å². The third kappa shape index (κ3) is 3.90. The number of ketones is 1. The first-order valence-corrected chi connectivity index (χ1v) is 9.08. The summed E-state index contributed by atoms with van der Waals surface area (Å²) in [6, 6.07) is 0. The number of Topliss-reactive ketones (excluding diaryl/α,β-unsaturated/α-hetero) is 1. The number of hydrogen-bond donors (Lipinski definition) is 1. The summed E-state index contributed by atoms with van der Waals surface area (Å²) in [6.07, 6.45) is 6.16. The van der Waals surface area contributed by atoms with Crippen molar-refractivity contribution in [3.05, 3.63) is 23.3 Å². The smallest absolute Gasteiger partial charge is 0.330 e. The predicted octanol–water partition coefficient (Wildman–Crippen LogP) is 4.14. The van der Waals surface area contributed by atoms with Crippen LogP contribution in [0.25, 0.3) is 0 Å². The van der Waals surface area contributed by atoms with Crippen LogP contribution < -0.4 is 0 Å². The topological polar surface area (TPSA) is 43.4 Å². The van der Waals surface area contributed by atoms with Crippen molar-refractivity contribution in [1.29, 1.82) is 0 Å². The molecule has 0 spiro atoms. The van der Waals surface area contributed by atoms with Crippen LogP contribution in [0.15, 0.2) is 23.3 Å². The molecule has 2 saturated carbocycles. The first-order valence-electron chi connectivity index (χ1n) is 8.45. The highest BCUT2D eigenvalue weighted by Crippen LogP contribution is 2.54. The molecule has 0 radical (unpaired) electrons. The highest BCUT2D eigenvalue weighted by Gasteiger charge is 2.50. The Bertz CT molecular complexity index is 545. The van der Waals surface area contributed by atoms with Gasteiger partial charge in [-0.15, -0.1) is 0 Å². The Balaban J connectivity index is 2.12. The van der Waals surface area contributed by atoms with E-state index >= 15 is 0 Å². The van der Waals surface area contributed by atoms with Gasteiger partial charge in [-0.3, -0.25) is 4.79 Å². The highest BCUT2D eigenvalue weighted by molar-refractivity contribution is 7.80. The highest BCUT2D eigenvalue weighted by atomic mass is 32.1. The molecule has 0 aromatic carbocycles. The number of rotatable bonds is 3. The normalized spacial score (nSPS) is 34.4. The van der Waals surface area contributed by atoms with E-state index in [0.717, 1.165) is 30.4 Å². The maximum absolute atomic E-state index is 12.4. The molecule has 4 atom stereocenters. The van der Waals surface area contributed by atoms with Gasteiger partial charge in [-0.1, -0.05) is 25.5 Å². The van der Waals surface area contributed by atoms with E-state index in [1.54, 1.807) is 6.08 Å². The number of thiol groups is 1. The van der Waals surface area contributed by atoms with Gasteiger partial charge < -0.3 is 4.74 Å². The van der Waals surface area contributed by atoms with Gasteiger partial charge in [-0.2, -0.15) is 12.6 Å². The average Bonchev–Trinajstić information content (AvgIpc) is 2.47. The lowest BCUT2D eigenvalue weighted by atomic mass is 9.54. The van der Waals surface area contributed by atoms with Crippen molar-refractivity contribution < 1.29 is 14.3 Å². The van der Waals surface area contributed by atoms with Crippen molar-refractivity contribution in [2.24, 2.45) is 17.3 Å². The molecule has 0 saturated heterocycles. The second-order valence-electron chi connectivity index (χ2n) is 7.50. The van der Waals surface area contributed by atoms with Crippen molar-refractivity contribution in [2.45, 2.75) is 59.5 Å². The lowest BCUT2D eigenvalue weighted by Crippen LogP contribution is -2.47. The molecule has 23 heavy (non-hydrogen) atoms. The molecule has 0 aromatic rings. The van der Waals surface area contributed by atoms with Crippen LogP contribution in [0.4, 0.5) is 0 Å². The van der Waals surface area contributed by atoms with Gasteiger partial charge in [0.15, 0.2) is 5.78 Å². The van der Waals surface area contributed by atoms with Gasteiger partial charge in [-0.05, 0) is 55.9 Å². The lowest BCUT2D eigenvalue weighted by Gasteiger charge is -2.51. The molecular formula is C19H28O3S. The summed E-state index contributed by atoms with van der Waals surface area (Å²) < 4.78 is 5.58. The molecule has 2 aliphatic rings. The molecule has 2 aliphatic carbocycles. The van der Waals surface area contributed by atoms with Crippen LogP contribution in [0, 0.1) is 17.3 Å². The maximum atomic E-state index is 12.4. The minimum Gasteiger partial charge on any atom is -0.459 e. The zero-order valence-corrected chi connectivity index (χ0v) is 15.5. The summed E-state index contributed by atoms with van der Waals surface area (Å²) in [5.41, 5.74) is 2.29. The second kappa shape index (κ2) is 7.25. The fourth-order valence-electron chi connectivity index (χ4n) is 4.11. The van der Waals surface area contributed by atoms with Crippen molar-refractivity contribution in [2.75, 3.05) is 5.75 Å². The number of fused-ring (bicyclic) bond motifs is 1. The third-order valence-corrected chi connectivity index (χ3v) is 6.00. The van der Waals surface area contributed by atoms with Gasteiger partial charge >= 0.3 is 5.97 Å². The van der Waals surface area contributed by atoms with Crippen LogP contribution in [-0.4, -0.2) is 23.6 Å². The zero-order chi connectivity index (χ0) is 17.2. The fourth-order valence-corrected chi connectivity index (χ4v) is 4.22. The minimum absolute atomic E-state index is 0.0822.